The summed E-state index contributed by atoms with van der Waals surface area (Å²) < 4.78 is 0. The van der Waals surface area contributed by atoms with E-state index in [0.29, 0.717) is 0 Å². The lowest BCUT2D eigenvalue weighted by Crippen LogP contribution is -2.20. The summed E-state index contributed by atoms with van der Waals surface area (Å²) in [5, 5.41) is 4.61. The first-order valence-corrected chi connectivity index (χ1v) is 15.0. The predicted molar refractivity (Wildman–Crippen MR) is 175 cm³/mol. The SMILES string of the molecule is Cc1cc(C(C)(C)C)cc(C)c1[C-]1c2ccccc2C(=C=c2c(C)cc(=C3C=CC=[S+]3)cc2C)c2ccccc21. The second kappa shape index (κ2) is 9.93. The van der Waals surface area contributed by atoms with Crippen molar-refractivity contribution in [2.45, 2.75) is 53.9 Å². The van der Waals surface area contributed by atoms with Crippen molar-refractivity contribution in [1.82, 2.24) is 0 Å². The number of fused-ring (bicyclic) bond motifs is 2. The van der Waals surface area contributed by atoms with Crippen LogP contribution in [0.15, 0.2) is 84.9 Å². The fourth-order valence-electron chi connectivity index (χ4n) is 6.19. The third kappa shape index (κ3) is 4.50. The molecule has 2 aliphatic rings. The van der Waals surface area contributed by atoms with Gasteiger partial charge in [-0.05, 0) is 48.1 Å². The van der Waals surface area contributed by atoms with Gasteiger partial charge in [0.2, 0.25) is 16.3 Å². The molecule has 0 atom stereocenters. The molecule has 1 heterocycles. The highest BCUT2D eigenvalue weighted by molar-refractivity contribution is 7.87. The average Bonchev–Trinajstić information content (AvgIpc) is 3.45. The van der Waals surface area contributed by atoms with E-state index in [1.54, 1.807) is 11.4 Å². The number of allylic oxidation sites excluding steroid dienone is 1. The minimum atomic E-state index is 0.112. The molecule has 0 amide bonds. The van der Waals surface area contributed by atoms with E-state index in [1.807, 2.05) is 0 Å². The summed E-state index contributed by atoms with van der Waals surface area (Å²) in [6.45, 7) is 15.9. The van der Waals surface area contributed by atoms with E-state index in [0.717, 1.165) is 0 Å². The van der Waals surface area contributed by atoms with Gasteiger partial charge in [0, 0.05) is 22.6 Å². The molecule has 0 radical (unpaired) electrons. The van der Waals surface area contributed by atoms with Gasteiger partial charge in [-0.2, -0.15) is 0 Å². The lowest BCUT2D eigenvalue weighted by atomic mass is 9.70. The first kappa shape index (κ1) is 26.3. The number of aryl methyl sites for hydroxylation is 4. The predicted octanol–water partition coefficient (Wildman–Crippen LogP) is 7.62. The maximum Gasteiger partial charge on any atom is 0.238 e. The van der Waals surface area contributed by atoms with Crippen LogP contribution in [0.3, 0.4) is 0 Å². The Bertz CT molecular complexity index is 1780. The molecule has 198 valence electrons. The lowest BCUT2D eigenvalue weighted by Gasteiger charge is -2.38. The van der Waals surface area contributed by atoms with Crippen molar-refractivity contribution in [3.63, 3.8) is 0 Å². The van der Waals surface area contributed by atoms with Crippen LogP contribution in [0.5, 0.6) is 0 Å². The highest BCUT2D eigenvalue weighted by Gasteiger charge is 2.26. The normalized spacial score (nSPS) is 13.9. The summed E-state index contributed by atoms with van der Waals surface area (Å²) in [5.41, 5.74) is 18.2. The highest BCUT2D eigenvalue weighted by atomic mass is 32.1. The van der Waals surface area contributed by atoms with Crippen LogP contribution in [0.1, 0.15) is 76.4 Å². The summed E-state index contributed by atoms with van der Waals surface area (Å²) in [6, 6.07) is 27.2. The topological polar surface area (TPSA) is 0 Å². The van der Waals surface area contributed by atoms with Gasteiger partial charge in [-0.3, -0.25) is 0 Å². The van der Waals surface area contributed by atoms with Crippen molar-refractivity contribution in [3.05, 3.63) is 157 Å². The third-order valence-corrected chi connectivity index (χ3v) is 9.09. The Morgan fingerprint density at radius 2 is 1.25 bits per heavy atom. The molecule has 40 heavy (non-hydrogen) atoms. The molecular weight excluding hydrogens is 500 g/mol. The highest BCUT2D eigenvalue weighted by Crippen LogP contribution is 2.47. The largest absolute Gasteiger partial charge is 0.238 e. The summed E-state index contributed by atoms with van der Waals surface area (Å²) >= 11 is 1.79. The zero-order chi connectivity index (χ0) is 28.2. The maximum atomic E-state index is 3.94. The molecular formula is C39H36S. The van der Waals surface area contributed by atoms with E-state index in [1.165, 1.54) is 82.5 Å². The van der Waals surface area contributed by atoms with E-state index >= 15 is 0 Å². The average molecular weight is 537 g/mol. The summed E-state index contributed by atoms with van der Waals surface area (Å²) in [7, 11) is 0. The quantitative estimate of drug-likeness (QED) is 0.117. The van der Waals surface area contributed by atoms with Crippen LogP contribution in [0, 0.1) is 33.6 Å². The number of hydrogen-bond donors (Lipinski definition) is 0. The molecule has 0 N–H and O–H groups in total. The molecule has 0 aromatic heterocycles. The van der Waals surface area contributed by atoms with Crippen molar-refractivity contribution in [2.75, 3.05) is 0 Å². The Morgan fingerprint density at radius 1 is 0.700 bits per heavy atom. The van der Waals surface area contributed by atoms with Gasteiger partial charge in [0.05, 0.1) is 0 Å². The molecule has 1 aliphatic heterocycles. The van der Waals surface area contributed by atoms with Gasteiger partial charge in [-0.15, -0.1) is 5.73 Å². The van der Waals surface area contributed by atoms with E-state index in [4.69, 9.17) is 0 Å². The second-order valence-electron chi connectivity index (χ2n) is 12.2. The molecule has 6 rings (SSSR count). The summed E-state index contributed by atoms with van der Waals surface area (Å²) in [4.78, 5) is 1.31. The zero-order valence-electron chi connectivity index (χ0n) is 24.6. The molecule has 0 unspecified atom stereocenters. The second-order valence-corrected chi connectivity index (χ2v) is 13.1. The Labute approximate surface area is 243 Å². The van der Waals surface area contributed by atoms with E-state index in [9.17, 15) is 0 Å². The van der Waals surface area contributed by atoms with Gasteiger partial charge >= 0.3 is 0 Å². The maximum absolute atomic E-state index is 3.94. The van der Waals surface area contributed by atoms with Gasteiger partial charge in [-0.25, -0.2) is 0 Å². The Balaban J connectivity index is 1.65. The number of benzene rings is 4. The number of hydrogen-bond acceptors (Lipinski definition) is 0. The molecule has 0 saturated carbocycles. The van der Waals surface area contributed by atoms with Crippen LogP contribution in [0.25, 0.3) is 16.2 Å². The van der Waals surface area contributed by atoms with Gasteiger partial charge in [0.1, 0.15) is 0 Å². The molecule has 0 fully saturated rings. The zero-order valence-corrected chi connectivity index (χ0v) is 25.4. The molecule has 1 aliphatic carbocycles. The van der Waals surface area contributed by atoms with Crippen molar-refractivity contribution in [2.24, 2.45) is 0 Å². The summed E-state index contributed by atoms with van der Waals surface area (Å²) in [6.07, 6.45) is 4.32. The minimum absolute atomic E-state index is 0.112. The Morgan fingerprint density at radius 3 is 1.75 bits per heavy atom. The van der Waals surface area contributed by atoms with E-state index < -0.39 is 0 Å². The van der Waals surface area contributed by atoms with Crippen LogP contribution in [0.2, 0.25) is 0 Å². The molecule has 1 heteroatoms. The molecule has 4 aromatic carbocycles. The fourth-order valence-corrected chi connectivity index (χ4v) is 6.91. The van der Waals surface area contributed by atoms with Crippen molar-refractivity contribution in [3.8, 4) is 0 Å². The Kier molecular flexibility index (Phi) is 6.54. The monoisotopic (exact) mass is 536 g/mol. The van der Waals surface area contributed by atoms with Crippen molar-refractivity contribution in [1.29, 1.82) is 0 Å². The molecule has 0 saturated heterocycles. The fraction of sp³-hybridized carbons (Fsp3) is 0.205. The smallest absolute Gasteiger partial charge is 0.115 e. The van der Waals surface area contributed by atoms with E-state index in [-0.39, 0.29) is 5.41 Å². The first-order chi connectivity index (χ1) is 19.1. The van der Waals surface area contributed by atoms with Crippen LogP contribution in [0.4, 0.5) is 0 Å². The number of rotatable bonds is 1. The van der Waals surface area contributed by atoms with Crippen LogP contribution in [-0.2, 0) is 16.8 Å². The van der Waals surface area contributed by atoms with Gasteiger partial charge < -0.3 is 0 Å². The standard InChI is InChI=1S/C39H36S/c1-24-19-28(36-17-12-18-40-36)20-25(2)34(24)23-35-30-13-8-10-15-32(30)38(33-16-11-9-14-31(33)35)37-26(3)21-29(22-27(37)4)39(5,6)7/h8-22H,1-7H3. The van der Waals surface area contributed by atoms with Gasteiger partial charge in [0.15, 0.2) is 5.37 Å². The molecule has 4 aromatic rings. The lowest BCUT2D eigenvalue weighted by molar-refractivity contribution is 0.589. The van der Waals surface area contributed by atoms with Gasteiger partial charge in [-0.1, -0.05) is 146 Å². The van der Waals surface area contributed by atoms with E-state index in [2.05, 4.69) is 145 Å². The molecule has 0 spiro atoms. The van der Waals surface area contributed by atoms with Gasteiger partial charge in [0.25, 0.3) is 0 Å². The van der Waals surface area contributed by atoms with Crippen LogP contribution < -0.4 is 10.4 Å². The van der Waals surface area contributed by atoms with Crippen LogP contribution >= 0.6 is 0 Å². The third-order valence-electron chi connectivity index (χ3n) is 8.17. The molecule has 0 nitrogen and oxygen atoms in total. The van der Waals surface area contributed by atoms with Crippen molar-refractivity contribution < 1.29 is 0 Å². The first-order valence-electron chi connectivity index (χ1n) is 14.1. The summed E-state index contributed by atoms with van der Waals surface area (Å²) in [5.74, 6) is 1.33. The Hall–Kier alpha value is -3.90. The van der Waals surface area contributed by atoms with Crippen LogP contribution in [-0.4, -0.2) is 5.37 Å². The minimum Gasteiger partial charge on any atom is -0.115 e. The van der Waals surface area contributed by atoms with Crippen molar-refractivity contribution >= 4 is 32.9 Å². The molecule has 0 bridgehead atoms.